The second-order valence-electron chi connectivity index (χ2n) is 3.12. The molecule has 3 heteroatoms. The second kappa shape index (κ2) is 4.94. The number of rotatable bonds is 3. The Balaban J connectivity index is 2.50. The van der Waals surface area contributed by atoms with Gasteiger partial charge in [-0.15, -0.1) is 0 Å². The van der Waals surface area contributed by atoms with Gasteiger partial charge >= 0.3 is 0 Å². The Morgan fingerprint density at radius 1 is 1.23 bits per heavy atom. The average molecular weight is 194 g/mol. The van der Waals surface area contributed by atoms with Crippen molar-refractivity contribution in [3.8, 4) is 0 Å². The van der Waals surface area contributed by atoms with Crippen molar-refractivity contribution in [2.75, 3.05) is 0 Å². The average Bonchev–Trinajstić information content (AvgIpc) is 2.15. The minimum Gasteiger partial charge on any atom is -0.311 e. The molecule has 0 saturated heterocycles. The van der Waals surface area contributed by atoms with Crippen molar-refractivity contribution in [1.29, 1.82) is 0 Å². The summed E-state index contributed by atoms with van der Waals surface area (Å²) in [7, 11) is 0. The molecule has 0 spiro atoms. The first kappa shape index (κ1) is 10.2. The fourth-order valence-corrected chi connectivity index (χ4v) is 1.07. The van der Waals surface area contributed by atoms with Gasteiger partial charge in [0.15, 0.2) is 0 Å². The first-order valence-electron chi connectivity index (χ1n) is 4.31. The van der Waals surface area contributed by atoms with Gasteiger partial charge in [0.25, 0.3) is 0 Å². The minimum atomic E-state index is 0.377. The maximum atomic E-state index is 5.17. The van der Waals surface area contributed by atoms with Crippen LogP contribution >= 0.6 is 12.2 Å². The summed E-state index contributed by atoms with van der Waals surface area (Å²) < 4.78 is 0. The molecule has 0 atom stereocenters. The lowest BCUT2D eigenvalue weighted by atomic mass is 10.2. The van der Waals surface area contributed by atoms with Crippen LogP contribution in [-0.2, 0) is 0 Å². The van der Waals surface area contributed by atoms with E-state index < -0.39 is 0 Å². The Morgan fingerprint density at radius 2 is 1.85 bits per heavy atom. The molecule has 0 aromatic heterocycles. The van der Waals surface area contributed by atoms with Gasteiger partial charge in [-0.1, -0.05) is 42.5 Å². The molecule has 0 aliphatic rings. The van der Waals surface area contributed by atoms with Crippen LogP contribution in [0.2, 0.25) is 0 Å². The molecule has 1 aromatic rings. The van der Waals surface area contributed by atoms with Crippen LogP contribution in [0.15, 0.2) is 30.3 Å². The summed E-state index contributed by atoms with van der Waals surface area (Å²) in [5.41, 5.74) is 7.07. The molecular weight excluding hydrogens is 180 g/mol. The van der Waals surface area contributed by atoms with Crippen LogP contribution in [0.4, 0.5) is 0 Å². The molecule has 0 radical (unpaired) electrons. The van der Waals surface area contributed by atoms with Gasteiger partial charge in [-0.2, -0.15) is 0 Å². The first-order valence-corrected chi connectivity index (χ1v) is 4.72. The Morgan fingerprint density at radius 3 is 2.38 bits per heavy atom. The number of thiocarbonyl (C=S) groups is 1. The zero-order valence-corrected chi connectivity index (χ0v) is 8.69. The fraction of sp³-hybridized carbons (Fsp3) is 0.300. The van der Waals surface area contributed by atoms with Crippen LogP contribution in [0, 0.1) is 0 Å². The second-order valence-corrected chi connectivity index (χ2v) is 3.53. The van der Waals surface area contributed by atoms with Gasteiger partial charge < -0.3 is 5.43 Å². The zero-order valence-electron chi connectivity index (χ0n) is 7.87. The Labute approximate surface area is 84.3 Å². The molecule has 0 unspecified atom stereocenters. The van der Waals surface area contributed by atoms with E-state index in [9.17, 15) is 0 Å². The topological polar surface area (TPSA) is 24.1 Å². The zero-order chi connectivity index (χ0) is 9.68. The molecule has 0 fully saturated rings. The molecule has 0 heterocycles. The molecule has 2 nitrogen and oxygen atoms in total. The SMILES string of the molecule is CC(C)NNC(=S)c1ccccc1. The first-order chi connectivity index (χ1) is 6.20. The Hall–Kier alpha value is -0.930. The van der Waals surface area contributed by atoms with Crippen LogP contribution < -0.4 is 10.9 Å². The van der Waals surface area contributed by atoms with Crippen molar-refractivity contribution >= 4 is 17.2 Å². The monoisotopic (exact) mass is 194 g/mol. The van der Waals surface area contributed by atoms with Crippen molar-refractivity contribution in [2.45, 2.75) is 19.9 Å². The summed E-state index contributed by atoms with van der Waals surface area (Å²) >= 11 is 5.17. The van der Waals surface area contributed by atoms with Crippen LogP contribution in [0.1, 0.15) is 19.4 Å². The van der Waals surface area contributed by atoms with Gasteiger partial charge in [-0.3, -0.25) is 0 Å². The highest BCUT2D eigenvalue weighted by Crippen LogP contribution is 1.98. The third kappa shape index (κ3) is 3.53. The highest BCUT2D eigenvalue weighted by Gasteiger charge is 1.98. The van der Waals surface area contributed by atoms with Gasteiger partial charge in [0.05, 0.1) is 0 Å². The lowest BCUT2D eigenvalue weighted by Crippen LogP contribution is -2.41. The van der Waals surface area contributed by atoms with E-state index in [4.69, 9.17) is 12.2 Å². The van der Waals surface area contributed by atoms with Gasteiger partial charge in [0.2, 0.25) is 0 Å². The summed E-state index contributed by atoms with van der Waals surface area (Å²) in [4.78, 5) is 0.731. The highest BCUT2D eigenvalue weighted by molar-refractivity contribution is 7.80. The molecule has 0 aliphatic heterocycles. The molecule has 0 bridgehead atoms. The van der Waals surface area contributed by atoms with Crippen LogP contribution in [0.25, 0.3) is 0 Å². The lowest BCUT2D eigenvalue weighted by molar-refractivity contribution is 0.562. The number of hydrogen-bond acceptors (Lipinski definition) is 2. The summed E-state index contributed by atoms with van der Waals surface area (Å²) in [5.74, 6) is 0. The van der Waals surface area contributed by atoms with Crippen molar-refractivity contribution < 1.29 is 0 Å². The number of benzene rings is 1. The summed E-state index contributed by atoms with van der Waals surface area (Å²) in [6.07, 6.45) is 0. The van der Waals surface area contributed by atoms with Crippen LogP contribution in [0.3, 0.4) is 0 Å². The molecule has 0 saturated carbocycles. The lowest BCUT2D eigenvalue weighted by Gasteiger charge is -2.11. The summed E-state index contributed by atoms with van der Waals surface area (Å²) in [6.45, 7) is 4.11. The molecule has 1 aromatic carbocycles. The molecule has 0 amide bonds. The van der Waals surface area contributed by atoms with E-state index in [0.29, 0.717) is 6.04 Å². The van der Waals surface area contributed by atoms with Gasteiger partial charge in [-0.05, 0) is 13.8 Å². The third-order valence-electron chi connectivity index (χ3n) is 1.51. The Kier molecular flexibility index (Phi) is 3.86. The summed E-state index contributed by atoms with van der Waals surface area (Å²) in [6, 6.07) is 10.3. The van der Waals surface area contributed by atoms with Crippen molar-refractivity contribution in [3.63, 3.8) is 0 Å². The van der Waals surface area contributed by atoms with Gasteiger partial charge in [-0.25, -0.2) is 5.43 Å². The molecule has 13 heavy (non-hydrogen) atoms. The summed E-state index contributed by atoms with van der Waals surface area (Å²) in [5, 5.41) is 0. The number of hydrogen-bond donors (Lipinski definition) is 2. The number of hydrazine groups is 1. The van der Waals surface area contributed by atoms with Crippen molar-refractivity contribution in [2.24, 2.45) is 0 Å². The molecule has 0 aliphatic carbocycles. The predicted molar refractivity (Wildman–Crippen MR) is 59.5 cm³/mol. The molecule has 2 N–H and O–H groups in total. The van der Waals surface area contributed by atoms with Crippen molar-refractivity contribution in [3.05, 3.63) is 35.9 Å². The largest absolute Gasteiger partial charge is 0.311 e. The van der Waals surface area contributed by atoms with E-state index in [-0.39, 0.29) is 0 Å². The fourth-order valence-electron chi connectivity index (χ4n) is 0.872. The van der Waals surface area contributed by atoms with Crippen LogP contribution in [-0.4, -0.2) is 11.0 Å². The van der Waals surface area contributed by atoms with E-state index >= 15 is 0 Å². The van der Waals surface area contributed by atoms with E-state index in [2.05, 4.69) is 24.7 Å². The van der Waals surface area contributed by atoms with E-state index in [0.717, 1.165) is 10.6 Å². The standard InChI is InChI=1S/C10H14N2S/c1-8(2)11-12-10(13)9-6-4-3-5-7-9/h3-8,11H,1-2H3,(H,12,13). The quantitative estimate of drug-likeness (QED) is 0.567. The van der Waals surface area contributed by atoms with Crippen LogP contribution in [0.5, 0.6) is 0 Å². The molecule has 70 valence electrons. The Bertz CT molecular complexity index is 270. The van der Waals surface area contributed by atoms with Gasteiger partial charge in [0, 0.05) is 11.6 Å². The third-order valence-corrected chi connectivity index (χ3v) is 1.85. The molecular formula is C10H14N2S. The van der Waals surface area contributed by atoms with E-state index in [1.54, 1.807) is 0 Å². The maximum absolute atomic E-state index is 5.17. The van der Waals surface area contributed by atoms with E-state index in [1.807, 2.05) is 30.3 Å². The smallest absolute Gasteiger partial charge is 0.120 e. The minimum absolute atomic E-state index is 0.377. The normalized spacial score (nSPS) is 10.1. The number of nitrogens with one attached hydrogen (secondary N) is 2. The van der Waals surface area contributed by atoms with E-state index in [1.165, 1.54) is 0 Å². The predicted octanol–water partition coefficient (Wildman–Crippen LogP) is 1.86. The van der Waals surface area contributed by atoms with Gasteiger partial charge in [0.1, 0.15) is 4.99 Å². The molecule has 1 rings (SSSR count). The highest BCUT2D eigenvalue weighted by atomic mass is 32.1. The maximum Gasteiger partial charge on any atom is 0.120 e. The van der Waals surface area contributed by atoms with Crippen molar-refractivity contribution in [1.82, 2.24) is 10.9 Å².